The van der Waals surface area contributed by atoms with Crippen molar-refractivity contribution in [3.63, 3.8) is 0 Å². The first kappa shape index (κ1) is 21.2. The molecule has 4 heterocycles. The number of H-pyrrole nitrogens is 1. The third kappa shape index (κ3) is 3.74. The minimum absolute atomic E-state index is 0.0557. The van der Waals surface area contributed by atoms with Crippen LogP contribution in [0.5, 0.6) is 0 Å². The zero-order valence-corrected chi connectivity index (χ0v) is 18.1. The molecule has 4 rings (SSSR count). The van der Waals surface area contributed by atoms with Gasteiger partial charge in [0.15, 0.2) is 11.5 Å². The first-order valence-electron chi connectivity index (χ1n) is 10.4. The molecule has 164 valence electrons. The molecule has 1 fully saturated rings. The van der Waals surface area contributed by atoms with Crippen LogP contribution in [-0.4, -0.2) is 67.4 Å². The molecular formula is C22H27FN6O2. The van der Waals surface area contributed by atoms with Gasteiger partial charge in [-0.3, -0.25) is 9.89 Å². The molecule has 0 aliphatic carbocycles. The van der Waals surface area contributed by atoms with E-state index >= 15 is 0 Å². The molecule has 2 N–H and O–H groups in total. The molecule has 0 radical (unpaired) electrons. The quantitative estimate of drug-likeness (QED) is 0.666. The maximum atomic E-state index is 14.7. The number of nitrogens with zero attached hydrogens (tertiary/aromatic N) is 5. The largest absolute Gasteiger partial charge is 0.388 e. The Kier molecular flexibility index (Phi) is 5.38. The van der Waals surface area contributed by atoms with Crippen LogP contribution >= 0.6 is 0 Å². The van der Waals surface area contributed by atoms with Gasteiger partial charge < -0.3 is 14.9 Å². The van der Waals surface area contributed by atoms with Crippen LogP contribution in [-0.2, 0) is 4.79 Å². The molecule has 8 nitrogen and oxygen atoms in total. The smallest absolute Gasteiger partial charge is 0.219 e. The van der Waals surface area contributed by atoms with E-state index in [4.69, 9.17) is 0 Å². The van der Waals surface area contributed by atoms with Gasteiger partial charge in [-0.25, -0.2) is 14.4 Å². The number of amides is 1. The van der Waals surface area contributed by atoms with E-state index < -0.39 is 17.5 Å². The van der Waals surface area contributed by atoms with Crippen molar-refractivity contribution in [1.82, 2.24) is 25.1 Å². The van der Waals surface area contributed by atoms with Gasteiger partial charge in [0.25, 0.3) is 0 Å². The molecule has 1 amide bonds. The molecule has 31 heavy (non-hydrogen) atoms. The van der Waals surface area contributed by atoms with Gasteiger partial charge in [-0.2, -0.15) is 5.10 Å². The van der Waals surface area contributed by atoms with Crippen molar-refractivity contribution in [3.8, 4) is 11.4 Å². The van der Waals surface area contributed by atoms with Crippen molar-refractivity contribution in [2.45, 2.75) is 39.3 Å². The minimum Gasteiger partial charge on any atom is -0.388 e. The predicted octanol–water partition coefficient (Wildman–Crippen LogP) is 2.60. The minimum atomic E-state index is -1.08. The van der Waals surface area contributed by atoms with Crippen molar-refractivity contribution >= 4 is 22.8 Å². The Hall–Kier alpha value is -3.07. The molecule has 1 aliphatic heterocycles. The molecule has 2 atom stereocenters. The highest BCUT2D eigenvalue weighted by Crippen LogP contribution is 2.32. The molecule has 1 saturated heterocycles. The number of aromatic nitrogens is 4. The highest BCUT2D eigenvalue weighted by Gasteiger charge is 2.43. The molecule has 0 spiro atoms. The predicted molar refractivity (Wildman–Crippen MR) is 116 cm³/mol. The van der Waals surface area contributed by atoms with Crippen LogP contribution in [0.3, 0.4) is 0 Å². The second-order valence-electron chi connectivity index (χ2n) is 8.53. The Morgan fingerprint density at radius 1 is 1.32 bits per heavy atom. The highest BCUT2D eigenvalue weighted by atomic mass is 19.1. The van der Waals surface area contributed by atoms with Crippen LogP contribution in [0.1, 0.15) is 27.7 Å². The van der Waals surface area contributed by atoms with Crippen LogP contribution in [0, 0.1) is 11.7 Å². The Labute approximate surface area is 180 Å². The topological polar surface area (TPSA) is 98.2 Å². The normalized spacial score (nSPS) is 19.1. The summed E-state index contributed by atoms with van der Waals surface area (Å²) < 4.78 is 14.7. The number of pyridine rings is 2. The maximum Gasteiger partial charge on any atom is 0.219 e. The summed E-state index contributed by atoms with van der Waals surface area (Å²) in [5, 5.41) is 18.8. The van der Waals surface area contributed by atoms with Crippen molar-refractivity contribution in [3.05, 3.63) is 36.3 Å². The Bertz CT molecular complexity index is 1110. The number of hydrogen-bond donors (Lipinski definition) is 2. The second-order valence-corrected chi connectivity index (χ2v) is 8.53. The summed E-state index contributed by atoms with van der Waals surface area (Å²) in [6, 6.07) is 6.18. The SMILES string of the molecule is CC(=O)N1CCN(c2ccc(F)c(-c3[nH]nc4ncccc34)n2)CC1C(C)(O)C(C)C. The van der Waals surface area contributed by atoms with Crippen molar-refractivity contribution in [1.29, 1.82) is 0 Å². The monoisotopic (exact) mass is 426 g/mol. The number of anilines is 1. The van der Waals surface area contributed by atoms with Crippen LogP contribution in [0.4, 0.5) is 10.2 Å². The van der Waals surface area contributed by atoms with Gasteiger partial charge in [0.05, 0.1) is 17.3 Å². The molecular weight excluding hydrogens is 399 g/mol. The Morgan fingerprint density at radius 3 is 2.81 bits per heavy atom. The molecule has 0 bridgehead atoms. The summed E-state index contributed by atoms with van der Waals surface area (Å²) in [4.78, 5) is 24.7. The third-order valence-electron chi connectivity index (χ3n) is 6.35. The van der Waals surface area contributed by atoms with Gasteiger partial charge in [0.1, 0.15) is 11.5 Å². The first-order valence-corrected chi connectivity index (χ1v) is 10.4. The van der Waals surface area contributed by atoms with E-state index in [-0.39, 0.29) is 17.5 Å². The van der Waals surface area contributed by atoms with Gasteiger partial charge in [-0.15, -0.1) is 0 Å². The average Bonchev–Trinajstić information content (AvgIpc) is 3.17. The molecule has 3 aromatic heterocycles. The van der Waals surface area contributed by atoms with Crippen molar-refractivity contribution in [2.24, 2.45) is 5.92 Å². The number of carbonyl (C=O) groups excluding carboxylic acids is 1. The summed E-state index contributed by atoms with van der Waals surface area (Å²) in [6.07, 6.45) is 1.63. The number of hydrogen-bond acceptors (Lipinski definition) is 6. The van der Waals surface area contributed by atoms with Gasteiger partial charge in [0, 0.05) is 38.1 Å². The maximum absolute atomic E-state index is 14.7. The molecule has 9 heteroatoms. The second kappa shape index (κ2) is 7.88. The number of halogens is 1. The summed E-state index contributed by atoms with van der Waals surface area (Å²) in [6.45, 7) is 8.53. The van der Waals surface area contributed by atoms with Gasteiger partial charge >= 0.3 is 0 Å². The van der Waals surface area contributed by atoms with E-state index in [2.05, 4.69) is 20.2 Å². The van der Waals surface area contributed by atoms with E-state index in [1.54, 1.807) is 30.2 Å². The standard InChI is InChI=1S/C22H27FN6O2/c1-13(2)22(4,31)17-12-28(10-11-29(17)14(3)30)18-8-7-16(23)20(25-18)19-15-6-5-9-24-21(15)27-26-19/h5-9,13,17,31H,10-12H2,1-4H3,(H,24,26,27). The van der Waals surface area contributed by atoms with E-state index in [1.807, 2.05) is 24.8 Å². The van der Waals surface area contributed by atoms with Gasteiger partial charge in [-0.05, 0) is 37.1 Å². The number of nitrogens with one attached hydrogen (secondary N) is 1. The van der Waals surface area contributed by atoms with E-state index in [1.165, 1.54) is 13.0 Å². The molecule has 1 aliphatic rings. The fraction of sp³-hybridized carbons (Fsp3) is 0.455. The zero-order chi connectivity index (χ0) is 22.3. The molecule has 2 unspecified atom stereocenters. The number of aromatic amines is 1. The molecule has 3 aromatic rings. The van der Waals surface area contributed by atoms with E-state index in [0.717, 1.165) is 0 Å². The van der Waals surface area contributed by atoms with Crippen molar-refractivity contribution in [2.75, 3.05) is 24.5 Å². The van der Waals surface area contributed by atoms with Gasteiger partial charge in [0.2, 0.25) is 5.91 Å². The Balaban J connectivity index is 1.70. The lowest BCUT2D eigenvalue weighted by Crippen LogP contribution is -2.64. The molecule has 0 aromatic carbocycles. The van der Waals surface area contributed by atoms with Crippen LogP contribution in [0.25, 0.3) is 22.4 Å². The van der Waals surface area contributed by atoms with Crippen molar-refractivity contribution < 1.29 is 14.3 Å². The highest BCUT2D eigenvalue weighted by molar-refractivity contribution is 5.89. The summed E-state index contributed by atoms with van der Waals surface area (Å²) in [5.41, 5.74) is 0.0373. The van der Waals surface area contributed by atoms with E-state index in [9.17, 15) is 14.3 Å². The number of aliphatic hydroxyl groups is 1. The van der Waals surface area contributed by atoms with Crippen LogP contribution < -0.4 is 4.90 Å². The fourth-order valence-corrected chi connectivity index (χ4v) is 4.07. The summed E-state index contributed by atoms with van der Waals surface area (Å²) in [5.74, 6) is -0.0169. The number of rotatable bonds is 4. The fourth-order valence-electron chi connectivity index (χ4n) is 4.07. The summed E-state index contributed by atoms with van der Waals surface area (Å²) in [7, 11) is 0. The lowest BCUT2D eigenvalue weighted by Gasteiger charge is -2.49. The van der Waals surface area contributed by atoms with Crippen LogP contribution in [0.15, 0.2) is 30.5 Å². The average molecular weight is 426 g/mol. The number of fused-ring (bicyclic) bond motifs is 1. The number of piperazine rings is 1. The summed E-state index contributed by atoms with van der Waals surface area (Å²) >= 11 is 0. The first-order chi connectivity index (χ1) is 14.7. The van der Waals surface area contributed by atoms with Gasteiger partial charge in [-0.1, -0.05) is 13.8 Å². The third-order valence-corrected chi connectivity index (χ3v) is 6.35. The van der Waals surface area contributed by atoms with Crippen LogP contribution in [0.2, 0.25) is 0 Å². The lowest BCUT2D eigenvalue weighted by molar-refractivity contribution is -0.141. The zero-order valence-electron chi connectivity index (χ0n) is 18.1. The Morgan fingerprint density at radius 2 is 2.10 bits per heavy atom. The lowest BCUT2D eigenvalue weighted by atomic mass is 9.83. The van der Waals surface area contributed by atoms with E-state index in [0.29, 0.717) is 42.2 Å². The number of carbonyl (C=O) groups is 1. The molecule has 0 saturated carbocycles.